The zero-order chi connectivity index (χ0) is 18.4. The average Bonchev–Trinajstić information content (AvgIpc) is 3.10. The fourth-order valence-electron chi connectivity index (χ4n) is 3.80. The van der Waals surface area contributed by atoms with Crippen molar-refractivity contribution in [1.82, 2.24) is 20.1 Å². The van der Waals surface area contributed by atoms with E-state index in [1.165, 1.54) is 29.7 Å². The highest BCUT2D eigenvalue weighted by Gasteiger charge is 2.35. The number of fused-ring (bicyclic) bond motifs is 2. The van der Waals surface area contributed by atoms with Crippen molar-refractivity contribution in [2.45, 2.75) is 31.7 Å². The number of hydrogen-bond acceptors (Lipinski definition) is 6. The Morgan fingerprint density at radius 1 is 1.19 bits per heavy atom. The highest BCUT2D eigenvalue weighted by atomic mass is 32.1. The van der Waals surface area contributed by atoms with Gasteiger partial charge in [-0.25, -0.2) is 4.98 Å². The van der Waals surface area contributed by atoms with Crippen LogP contribution in [0.1, 0.15) is 33.9 Å². The third kappa shape index (κ3) is 2.96. The van der Waals surface area contributed by atoms with Crippen LogP contribution in [0.3, 0.4) is 0 Å². The number of rotatable bonds is 3. The van der Waals surface area contributed by atoms with E-state index in [2.05, 4.69) is 26.1 Å². The van der Waals surface area contributed by atoms with E-state index in [0.29, 0.717) is 5.01 Å². The minimum absolute atomic E-state index is 0.00243. The van der Waals surface area contributed by atoms with Gasteiger partial charge >= 0.3 is 0 Å². The summed E-state index contributed by atoms with van der Waals surface area (Å²) in [4.78, 5) is 21.3. The van der Waals surface area contributed by atoms with E-state index in [9.17, 15) is 4.79 Å². The molecule has 1 aromatic carbocycles. The SMILES string of the molecule is CN(C(=O)c1nc2ccccc2s1)C1CN(c2cc3c(nn2)CCCC3)C1. The molecular weight excluding hydrogens is 358 g/mol. The van der Waals surface area contributed by atoms with Crippen molar-refractivity contribution in [3.63, 3.8) is 0 Å². The van der Waals surface area contributed by atoms with E-state index in [0.717, 1.165) is 47.7 Å². The summed E-state index contributed by atoms with van der Waals surface area (Å²) in [6, 6.07) is 10.2. The van der Waals surface area contributed by atoms with E-state index < -0.39 is 0 Å². The number of anilines is 1. The molecule has 1 fully saturated rings. The molecule has 3 heterocycles. The van der Waals surface area contributed by atoms with Crippen LogP contribution in [0, 0.1) is 0 Å². The number of carbonyl (C=O) groups excluding carboxylic acids is 1. The molecule has 0 N–H and O–H groups in total. The zero-order valence-corrected chi connectivity index (χ0v) is 16.1. The fourth-order valence-corrected chi connectivity index (χ4v) is 4.75. The van der Waals surface area contributed by atoms with Crippen molar-refractivity contribution in [2.24, 2.45) is 0 Å². The number of thiazole rings is 1. The first-order valence-corrected chi connectivity index (χ1v) is 10.2. The van der Waals surface area contributed by atoms with Gasteiger partial charge in [0, 0.05) is 20.1 Å². The van der Waals surface area contributed by atoms with Crippen molar-refractivity contribution in [1.29, 1.82) is 0 Å². The van der Waals surface area contributed by atoms with Gasteiger partial charge in [0.2, 0.25) is 0 Å². The number of benzene rings is 1. The lowest BCUT2D eigenvalue weighted by molar-refractivity contribution is 0.0705. The number of para-hydroxylation sites is 1. The zero-order valence-electron chi connectivity index (χ0n) is 15.3. The van der Waals surface area contributed by atoms with Gasteiger partial charge in [0.05, 0.1) is 22.0 Å². The maximum atomic E-state index is 12.8. The summed E-state index contributed by atoms with van der Waals surface area (Å²) < 4.78 is 1.05. The molecule has 2 aromatic heterocycles. The first-order valence-electron chi connectivity index (χ1n) is 9.42. The molecule has 0 spiro atoms. The van der Waals surface area contributed by atoms with Crippen molar-refractivity contribution in [2.75, 3.05) is 25.0 Å². The molecule has 27 heavy (non-hydrogen) atoms. The third-order valence-electron chi connectivity index (χ3n) is 5.59. The summed E-state index contributed by atoms with van der Waals surface area (Å²) in [7, 11) is 1.87. The second kappa shape index (κ2) is 6.56. The number of hydrogen-bond donors (Lipinski definition) is 0. The molecule has 6 nitrogen and oxygen atoms in total. The molecule has 0 radical (unpaired) electrons. The molecule has 5 rings (SSSR count). The molecular formula is C20H21N5OS. The van der Waals surface area contributed by atoms with Crippen LogP contribution in [-0.2, 0) is 12.8 Å². The molecule has 7 heteroatoms. The molecule has 1 aliphatic heterocycles. The molecule has 138 valence electrons. The van der Waals surface area contributed by atoms with Gasteiger partial charge in [0.1, 0.15) is 0 Å². The van der Waals surface area contributed by atoms with Crippen molar-refractivity contribution < 1.29 is 4.79 Å². The van der Waals surface area contributed by atoms with Crippen LogP contribution in [0.2, 0.25) is 0 Å². The van der Waals surface area contributed by atoms with Crippen LogP contribution in [0.15, 0.2) is 30.3 Å². The fraction of sp³-hybridized carbons (Fsp3) is 0.400. The first-order chi connectivity index (χ1) is 13.2. The van der Waals surface area contributed by atoms with E-state index in [-0.39, 0.29) is 11.9 Å². The van der Waals surface area contributed by atoms with E-state index in [4.69, 9.17) is 0 Å². The number of aromatic nitrogens is 3. The monoisotopic (exact) mass is 379 g/mol. The topological polar surface area (TPSA) is 62.2 Å². The normalized spacial score (nSPS) is 16.9. The van der Waals surface area contributed by atoms with Gasteiger partial charge in [0.25, 0.3) is 5.91 Å². The maximum absolute atomic E-state index is 12.8. The summed E-state index contributed by atoms with van der Waals surface area (Å²) in [5, 5.41) is 9.38. The molecule has 1 saturated heterocycles. The molecule has 1 amide bonds. The van der Waals surface area contributed by atoms with E-state index in [1.807, 2.05) is 36.2 Å². The summed E-state index contributed by atoms with van der Waals surface area (Å²) >= 11 is 1.46. The van der Waals surface area contributed by atoms with E-state index >= 15 is 0 Å². The minimum Gasteiger partial charge on any atom is -0.351 e. The Labute approximate surface area is 161 Å². The Hall–Kier alpha value is -2.54. The number of carbonyl (C=O) groups is 1. The van der Waals surface area contributed by atoms with Crippen LogP contribution < -0.4 is 4.90 Å². The molecule has 0 bridgehead atoms. The quantitative estimate of drug-likeness (QED) is 0.700. The highest BCUT2D eigenvalue weighted by molar-refractivity contribution is 7.20. The van der Waals surface area contributed by atoms with Gasteiger partial charge < -0.3 is 9.80 Å². The molecule has 2 aliphatic rings. The number of aryl methyl sites for hydroxylation is 2. The second-order valence-electron chi connectivity index (χ2n) is 7.34. The van der Waals surface area contributed by atoms with Gasteiger partial charge in [0.15, 0.2) is 10.8 Å². The van der Waals surface area contributed by atoms with Crippen LogP contribution in [0.5, 0.6) is 0 Å². The molecule has 3 aromatic rings. The summed E-state index contributed by atoms with van der Waals surface area (Å²) in [5.41, 5.74) is 3.39. The van der Waals surface area contributed by atoms with Crippen molar-refractivity contribution in [3.05, 3.63) is 46.6 Å². The highest BCUT2D eigenvalue weighted by Crippen LogP contribution is 2.28. The predicted molar refractivity (Wildman–Crippen MR) is 106 cm³/mol. The second-order valence-corrected chi connectivity index (χ2v) is 8.37. The molecule has 0 unspecified atom stereocenters. The lowest BCUT2D eigenvalue weighted by atomic mass is 9.96. The Bertz CT molecular complexity index is 978. The Morgan fingerprint density at radius 3 is 2.85 bits per heavy atom. The largest absolute Gasteiger partial charge is 0.351 e. The lowest BCUT2D eigenvalue weighted by Crippen LogP contribution is -2.60. The van der Waals surface area contributed by atoms with Gasteiger partial charge in [-0.15, -0.1) is 16.4 Å². The molecule has 0 saturated carbocycles. The number of nitrogens with zero attached hydrogens (tertiary/aromatic N) is 5. The smallest absolute Gasteiger partial charge is 0.282 e. The van der Waals surface area contributed by atoms with Gasteiger partial charge in [-0.2, -0.15) is 5.10 Å². The van der Waals surface area contributed by atoms with Crippen molar-refractivity contribution >= 4 is 33.3 Å². The van der Waals surface area contributed by atoms with E-state index in [1.54, 1.807) is 0 Å². The lowest BCUT2D eigenvalue weighted by Gasteiger charge is -2.44. The van der Waals surface area contributed by atoms with Crippen LogP contribution in [-0.4, -0.2) is 52.2 Å². The molecule has 1 aliphatic carbocycles. The number of amides is 1. The van der Waals surface area contributed by atoms with Crippen LogP contribution >= 0.6 is 11.3 Å². The average molecular weight is 379 g/mol. The first kappa shape index (κ1) is 16.6. The summed E-state index contributed by atoms with van der Waals surface area (Å²) in [6.07, 6.45) is 4.60. The minimum atomic E-state index is -0.00243. The Balaban J connectivity index is 1.26. The Morgan fingerprint density at radius 2 is 2.00 bits per heavy atom. The standard InChI is InChI=1S/C20H21N5OS/c1-24(20(26)19-21-16-8-4-5-9-17(16)27-19)14-11-25(12-14)18-10-13-6-2-3-7-15(13)22-23-18/h4-5,8-10,14H,2-3,6-7,11-12H2,1H3. The maximum Gasteiger partial charge on any atom is 0.282 e. The van der Waals surface area contributed by atoms with Gasteiger partial charge in [-0.05, 0) is 49.4 Å². The van der Waals surface area contributed by atoms with Gasteiger partial charge in [-0.3, -0.25) is 4.79 Å². The van der Waals surface area contributed by atoms with Crippen LogP contribution in [0.25, 0.3) is 10.2 Å². The van der Waals surface area contributed by atoms with Crippen molar-refractivity contribution in [3.8, 4) is 0 Å². The summed E-state index contributed by atoms with van der Waals surface area (Å²) in [5.74, 6) is 0.935. The number of likely N-dealkylation sites (N-methyl/N-ethyl adjacent to an activating group) is 1. The Kier molecular flexibility index (Phi) is 4.04. The van der Waals surface area contributed by atoms with Gasteiger partial charge in [-0.1, -0.05) is 12.1 Å². The summed E-state index contributed by atoms with van der Waals surface area (Å²) in [6.45, 7) is 1.58. The van der Waals surface area contributed by atoms with Crippen LogP contribution in [0.4, 0.5) is 5.82 Å². The third-order valence-corrected chi connectivity index (χ3v) is 6.61. The predicted octanol–water partition coefficient (Wildman–Crippen LogP) is 2.93. The molecule has 0 atom stereocenters.